The molecule has 3 rings (SSSR count). The molecule has 21 heavy (non-hydrogen) atoms. The van der Waals surface area contributed by atoms with E-state index in [0.717, 1.165) is 30.8 Å². The van der Waals surface area contributed by atoms with Gasteiger partial charge >= 0.3 is 0 Å². The number of ether oxygens (including phenoxy) is 1. The van der Waals surface area contributed by atoms with Gasteiger partial charge in [-0.2, -0.15) is 0 Å². The van der Waals surface area contributed by atoms with Gasteiger partial charge in [0.05, 0.1) is 13.2 Å². The van der Waals surface area contributed by atoms with Gasteiger partial charge in [-0.1, -0.05) is 5.16 Å². The number of hydrogen-bond donors (Lipinski definition) is 2. The smallest absolute Gasteiger partial charge is 0.140 e. The summed E-state index contributed by atoms with van der Waals surface area (Å²) in [5, 5.41) is 18.1. The molecule has 0 spiro atoms. The van der Waals surface area contributed by atoms with E-state index in [1.165, 1.54) is 18.4 Å². The minimum Gasteiger partial charge on any atom is -0.385 e. The second-order valence-electron chi connectivity index (χ2n) is 6.36. The van der Waals surface area contributed by atoms with Crippen molar-refractivity contribution < 1.29 is 14.4 Å². The van der Waals surface area contributed by atoms with E-state index in [0.29, 0.717) is 32.8 Å². The molecular weight excluding hydrogens is 270 g/mol. The molecule has 1 saturated heterocycles. The molecule has 1 atom stereocenters. The third-order valence-electron chi connectivity index (χ3n) is 4.26. The lowest BCUT2D eigenvalue weighted by molar-refractivity contribution is -0.0464. The van der Waals surface area contributed by atoms with Gasteiger partial charge in [-0.05, 0) is 26.3 Å². The Hall–Kier alpha value is -0.950. The minimum atomic E-state index is -0.838. The lowest BCUT2D eigenvalue weighted by Crippen LogP contribution is -2.50. The predicted molar refractivity (Wildman–Crippen MR) is 78.1 cm³/mol. The van der Waals surface area contributed by atoms with E-state index < -0.39 is 5.60 Å². The van der Waals surface area contributed by atoms with Crippen molar-refractivity contribution in [3.63, 3.8) is 0 Å². The molecule has 2 heterocycles. The molecule has 1 aromatic rings. The summed E-state index contributed by atoms with van der Waals surface area (Å²) in [7, 11) is 2.01. The lowest BCUT2D eigenvalue weighted by atomic mass is 9.96. The normalized spacial score (nSPS) is 26.6. The van der Waals surface area contributed by atoms with Gasteiger partial charge < -0.3 is 19.7 Å². The summed E-state index contributed by atoms with van der Waals surface area (Å²) in [4.78, 5) is 2.10. The van der Waals surface area contributed by atoms with Crippen molar-refractivity contribution in [3.8, 4) is 0 Å². The Kier molecular flexibility index (Phi) is 4.59. The Bertz CT molecular complexity index is 467. The number of hydrogen-bond acceptors (Lipinski definition) is 6. The van der Waals surface area contributed by atoms with Gasteiger partial charge in [-0.25, -0.2) is 0 Å². The summed E-state index contributed by atoms with van der Waals surface area (Å²) in [6.45, 7) is 3.66. The van der Waals surface area contributed by atoms with Gasteiger partial charge in [0.15, 0.2) is 0 Å². The zero-order valence-corrected chi connectivity index (χ0v) is 12.7. The van der Waals surface area contributed by atoms with Gasteiger partial charge in [0.25, 0.3) is 0 Å². The van der Waals surface area contributed by atoms with Gasteiger partial charge in [0.2, 0.25) is 0 Å². The van der Waals surface area contributed by atoms with Crippen molar-refractivity contribution in [3.05, 3.63) is 17.0 Å². The Balaban J connectivity index is 1.61. The van der Waals surface area contributed by atoms with Gasteiger partial charge in [0.1, 0.15) is 17.1 Å². The van der Waals surface area contributed by atoms with Gasteiger partial charge in [-0.15, -0.1) is 0 Å². The summed E-state index contributed by atoms with van der Waals surface area (Å²) >= 11 is 0. The molecule has 6 heteroatoms. The molecule has 1 aliphatic carbocycles. The zero-order valence-electron chi connectivity index (χ0n) is 12.7. The number of β-amino-alcohol motifs (C(OH)–C–C–N with tert-alkyl or cyclic N) is 1. The van der Waals surface area contributed by atoms with Crippen LogP contribution in [-0.4, -0.2) is 60.7 Å². The third-order valence-corrected chi connectivity index (χ3v) is 4.26. The van der Waals surface area contributed by atoms with Crippen LogP contribution in [-0.2, 0) is 24.1 Å². The highest BCUT2D eigenvalue weighted by Crippen LogP contribution is 2.25. The Morgan fingerprint density at radius 2 is 2.24 bits per heavy atom. The first-order valence-corrected chi connectivity index (χ1v) is 7.82. The molecule has 0 aromatic carbocycles. The quantitative estimate of drug-likeness (QED) is 0.834. The fourth-order valence-electron chi connectivity index (χ4n) is 3.27. The number of aliphatic hydroxyl groups is 1. The molecule has 118 valence electrons. The first kappa shape index (κ1) is 15.0. The van der Waals surface area contributed by atoms with Crippen molar-refractivity contribution in [1.29, 1.82) is 0 Å². The first-order chi connectivity index (χ1) is 10.2. The van der Waals surface area contributed by atoms with Crippen LogP contribution in [0.15, 0.2) is 4.52 Å². The summed E-state index contributed by atoms with van der Waals surface area (Å²) in [6, 6.07) is 0. The van der Waals surface area contributed by atoms with Gasteiger partial charge in [-0.3, -0.25) is 4.90 Å². The Morgan fingerprint density at radius 1 is 1.38 bits per heavy atom. The van der Waals surface area contributed by atoms with Crippen molar-refractivity contribution in [2.45, 2.75) is 37.8 Å². The number of nitrogens with zero attached hydrogens (tertiary/aromatic N) is 2. The molecule has 0 radical (unpaired) electrons. The molecule has 2 N–H and O–H groups in total. The van der Waals surface area contributed by atoms with E-state index in [2.05, 4.69) is 15.4 Å². The largest absolute Gasteiger partial charge is 0.385 e. The van der Waals surface area contributed by atoms with E-state index in [4.69, 9.17) is 9.26 Å². The minimum absolute atomic E-state index is 0.376. The van der Waals surface area contributed by atoms with E-state index in [-0.39, 0.29) is 0 Å². The molecular formula is C15H25N3O3. The van der Waals surface area contributed by atoms with Crippen LogP contribution >= 0.6 is 0 Å². The van der Waals surface area contributed by atoms with Crippen LogP contribution in [0.4, 0.5) is 0 Å². The number of aromatic nitrogens is 1. The summed E-state index contributed by atoms with van der Waals surface area (Å²) in [5.41, 5.74) is 1.48. The summed E-state index contributed by atoms with van der Waals surface area (Å²) in [6.07, 6.45) is 4.48. The van der Waals surface area contributed by atoms with E-state index in [9.17, 15) is 5.11 Å². The topological polar surface area (TPSA) is 70.8 Å². The number of nitrogens with one attached hydrogen (secondary N) is 1. The predicted octanol–water partition coefficient (Wildman–Crippen LogP) is 0.336. The maximum Gasteiger partial charge on any atom is 0.140 e. The van der Waals surface area contributed by atoms with Crippen molar-refractivity contribution in [2.24, 2.45) is 0 Å². The highest BCUT2D eigenvalue weighted by Gasteiger charge is 2.31. The highest BCUT2D eigenvalue weighted by atomic mass is 16.5. The second-order valence-corrected chi connectivity index (χ2v) is 6.36. The molecule has 2 aliphatic rings. The lowest BCUT2D eigenvalue weighted by Gasteiger charge is -2.30. The average molecular weight is 295 g/mol. The highest BCUT2D eigenvalue weighted by molar-refractivity contribution is 5.25. The number of likely N-dealkylation sites (N-methyl/N-ethyl adjacent to an activating group) is 1. The van der Waals surface area contributed by atoms with Crippen LogP contribution in [0.25, 0.3) is 0 Å². The van der Waals surface area contributed by atoms with E-state index in [1.807, 2.05) is 7.05 Å². The number of fused-ring (bicyclic) bond motifs is 1. The summed E-state index contributed by atoms with van der Waals surface area (Å²) < 4.78 is 10.9. The zero-order chi connectivity index (χ0) is 14.7. The third kappa shape index (κ3) is 3.63. The van der Waals surface area contributed by atoms with Crippen LogP contribution < -0.4 is 5.32 Å². The van der Waals surface area contributed by atoms with Crippen LogP contribution in [0.3, 0.4) is 0 Å². The molecule has 6 nitrogen and oxygen atoms in total. The Morgan fingerprint density at radius 3 is 3.14 bits per heavy atom. The van der Waals surface area contributed by atoms with Crippen LogP contribution in [0.2, 0.25) is 0 Å². The standard InChI is InChI=1S/C15H25N3O3/c1-18(10-15(19)9-16-6-7-20-11-15)8-13-12-4-2-3-5-14(12)21-17-13/h16,19H,2-11H2,1H3. The first-order valence-electron chi connectivity index (χ1n) is 7.82. The van der Waals surface area contributed by atoms with Crippen LogP contribution in [0.1, 0.15) is 29.9 Å². The van der Waals surface area contributed by atoms with E-state index >= 15 is 0 Å². The van der Waals surface area contributed by atoms with Crippen molar-refractivity contribution in [1.82, 2.24) is 15.4 Å². The summed E-state index contributed by atoms with van der Waals surface area (Å²) in [5.74, 6) is 1.06. The molecule has 1 aliphatic heterocycles. The fourth-order valence-corrected chi connectivity index (χ4v) is 3.27. The second kappa shape index (κ2) is 6.44. The number of rotatable bonds is 4. The van der Waals surface area contributed by atoms with Crippen LogP contribution in [0, 0.1) is 0 Å². The average Bonchev–Trinajstić information content (AvgIpc) is 2.73. The molecule has 0 saturated carbocycles. The van der Waals surface area contributed by atoms with Crippen molar-refractivity contribution >= 4 is 0 Å². The SMILES string of the molecule is CN(Cc1noc2c1CCCC2)CC1(O)CNCCOC1. The molecule has 1 unspecified atom stereocenters. The molecule has 1 fully saturated rings. The van der Waals surface area contributed by atoms with E-state index in [1.54, 1.807) is 0 Å². The fraction of sp³-hybridized carbons (Fsp3) is 0.800. The molecule has 0 bridgehead atoms. The maximum absolute atomic E-state index is 10.6. The van der Waals surface area contributed by atoms with Crippen LogP contribution in [0.5, 0.6) is 0 Å². The monoisotopic (exact) mass is 295 g/mol. The Labute approximate surface area is 125 Å². The van der Waals surface area contributed by atoms with Crippen molar-refractivity contribution in [2.75, 3.05) is 39.9 Å². The maximum atomic E-state index is 10.6. The van der Waals surface area contributed by atoms with Gasteiger partial charge in [0, 0.05) is 38.2 Å². The number of aryl methyl sites for hydroxylation is 1. The molecule has 0 amide bonds. The molecule has 1 aromatic heterocycles.